The van der Waals surface area contributed by atoms with Gasteiger partial charge < -0.3 is 0 Å². The Hall–Kier alpha value is -1.36. The molecule has 3 nitrogen and oxygen atoms in total. The molecule has 0 aliphatic carbocycles. The summed E-state index contributed by atoms with van der Waals surface area (Å²) in [4.78, 5) is 3.99. The molecular formula is C10H10FN3S. The van der Waals surface area contributed by atoms with E-state index < -0.39 is 0 Å². The number of nitrogens with zero attached hydrogens (tertiary/aromatic N) is 2. The number of halogens is 1. The van der Waals surface area contributed by atoms with Gasteiger partial charge in [-0.05, 0) is 13.0 Å². The quantitative estimate of drug-likeness (QED) is 0.813. The minimum Gasteiger partial charge on any atom is -0.254 e. The Bertz CT molecular complexity index is 430. The first-order chi connectivity index (χ1) is 7.27. The Morgan fingerprint density at radius 1 is 1.40 bits per heavy atom. The van der Waals surface area contributed by atoms with Gasteiger partial charge in [0.15, 0.2) is 5.16 Å². The van der Waals surface area contributed by atoms with E-state index >= 15 is 0 Å². The van der Waals surface area contributed by atoms with Gasteiger partial charge in [0.1, 0.15) is 12.1 Å². The lowest BCUT2D eigenvalue weighted by atomic mass is 10.1. The van der Waals surface area contributed by atoms with Gasteiger partial charge in [0.25, 0.3) is 0 Å². The summed E-state index contributed by atoms with van der Waals surface area (Å²) in [5, 5.41) is 7.19. The van der Waals surface area contributed by atoms with E-state index in [4.69, 9.17) is 0 Å². The highest BCUT2D eigenvalue weighted by Crippen LogP contribution is 2.33. The van der Waals surface area contributed by atoms with Gasteiger partial charge in [-0.25, -0.2) is 9.37 Å². The fourth-order valence-electron chi connectivity index (χ4n) is 1.29. The van der Waals surface area contributed by atoms with Crippen molar-refractivity contribution in [2.75, 3.05) is 0 Å². The van der Waals surface area contributed by atoms with Gasteiger partial charge in [-0.15, -0.1) is 0 Å². The molecule has 0 aliphatic heterocycles. The van der Waals surface area contributed by atoms with E-state index in [9.17, 15) is 4.39 Å². The normalized spacial score (nSPS) is 12.7. The number of thioether (sulfide) groups is 1. The second kappa shape index (κ2) is 4.44. The molecule has 1 heterocycles. The van der Waals surface area contributed by atoms with Crippen LogP contribution in [0.2, 0.25) is 0 Å². The highest BCUT2D eigenvalue weighted by atomic mass is 32.2. The fraction of sp³-hybridized carbons (Fsp3) is 0.200. The molecule has 0 saturated carbocycles. The fourth-order valence-corrected chi connectivity index (χ4v) is 2.15. The van der Waals surface area contributed by atoms with Crippen molar-refractivity contribution in [3.8, 4) is 0 Å². The van der Waals surface area contributed by atoms with Crippen LogP contribution in [0.15, 0.2) is 35.7 Å². The van der Waals surface area contributed by atoms with Crippen LogP contribution in [-0.4, -0.2) is 15.2 Å². The van der Waals surface area contributed by atoms with Crippen LogP contribution in [0.3, 0.4) is 0 Å². The number of aromatic nitrogens is 3. The maximum Gasteiger partial charge on any atom is 0.183 e. The third-order valence-corrected chi connectivity index (χ3v) is 3.05. The van der Waals surface area contributed by atoms with Gasteiger partial charge >= 0.3 is 0 Å². The zero-order valence-electron chi connectivity index (χ0n) is 8.14. The van der Waals surface area contributed by atoms with Crippen molar-refractivity contribution < 1.29 is 4.39 Å². The van der Waals surface area contributed by atoms with Crippen LogP contribution < -0.4 is 0 Å². The zero-order valence-corrected chi connectivity index (χ0v) is 8.96. The third kappa shape index (κ3) is 2.36. The minimum absolute atomic E-state index is 0.0131. The van der Waals surface area contributed by atoms with Crippen LogP contribution in [0.1, 0.15) is 17.7 Å². The maximum atomic E-state index is 13.4. The summed E-state index contributed by atoms with van der Waals surface area (Å²) in [7, 11) is 0. The van der Waals surface area contributed by atoms with Crippen LogP contribution in [0.25, 0.3) is 0 Å². The summed E-state index contributed by atoms with van der Waals surface area (Å²) < 4.78 is 13.4. The van der Waals surface area contributed by atoms with Crippen molar-refractivity contribution in [2.45, 2.75) is 17.3 Å². The van der Waals surface area contributed by atoms with Gasteiger partial charge in [0.2, 0.25) is 0 Å². The van der Waals surface area contributed by atoms with Gasteiger partial charge in [-0.3, -0.25) is 5.10 Å². The van der Waals surface area contributed by atoms with Crippen LogP contribution >= 0.6 is 11.8 Å². The van der Waals surface area contributed by atoms with E-state index in [-0.39, 0.29) is 11.1 Å². The topological polar surface area (TPSA) is 41.6 Å². The van der Waals surface area contributed by atoms with Gasteiger partial charge in [-0.2, -0.15) is 5.10 Å². The molecule has 2 rings (SSSR count). The molecule has 0 spiro atoms. The maximum absolute atomic E-state index is 13.4. The molecule has 0 bridgehead atoms. The van der Waals surface area contributed by atoms with E-state index in [0.29, 0.717) is 10.7 Å². The first-order valence-electron chi connectivity index (χ1n) is 4.54. The molecule has 1 N–H and O–H groups in total. The molecule has 1 atom stereocenters. The number of nitrogens with one attached hydrogen (secondary N) is 1. The van der Waals surface area contributed by atoms with E-state index in [1.54, 1.807) is 12.1 Å². The summed E-state index contributed by atoms with van der Waals surface area (Å²) in [5.41, 5.74) is 0.680. The molecule has 0 radical (unpaired) electrons. The minimum atomic E-state index is -0.183. The third-order valence-electron chi connectivity index (χ3n) is 2.02. The molecule has 15 heavy (non-hydrogen) atoms. The number of rotatable bonds is 3. The standard InChI is InChI=1S/C10H10FN3S/c1-7(15-10-12-6-13-14-10)8-4-2-3-5-9(8)11/h2-7H,1H3,(H,12,13,14)/t7-/m0/s1. The molecule has 0 saturated heterocycles. The number of hydrogen-bond acceptors (Lipinski definition) is 3. The summed E-state index contributed by atoms with van der Waals surface area (Å²) in [6, 6.07) is 6.76. The highest BCUT2D eigenvalue weighted by molar-refractivity contribution is 7.99. The Morgan fingerprint density at radius 3 is 2.87 bits per heavy atom. The van der Waals surface area contributed by atoms with Crippen molar-refractivity contribution in [3.05, 3.63) is 42.0 Å². The van der Waals surface area contributed by atoms with Crippen LogP contribution in [0.5, 0.6) is 0 Å². The smallest absolute Gasteiger partial charge is 0.183 e. The molecule has 5 heteroatoms. The summed E-state index contributed by atoms with van der Waals surface area (Å²) in [6.45, 7) is 1.94. The summed E-state index contributed by atoms with van der Waals surface area (Å²) in [5.74, 6) is -0.183. The average Bonchev–Trinajstić information content (AvgIpc) is 2.71. The molecule has 0 amide bonds. The highest BCUT2D eigenvalue weighted by Gasteiger charge is 2.12. The van der Waals surface area contributed by atoms with E-state index in [0.717, 1.165) is 0 Å². The Labute approximate surface area is 91.1 Å². The Balaban J connectivity index is 2.15. The largest absolute Gasteiger partial charge is 0.254 e. The monoisotopic (exact) mass is 223 g/mol. The van der Waals surface area contributed by atoms with Crippen molar-refractivity contribution in [1.29, 1.82) is 0 Å². The molecule has 0 unspecified atom stereocenters. The van der Waals surface area contributed by atoms with Gasteiger partial charge in [0.05, 0.1) is 0 Å². The Kier molecular flexibility index (Phi) is 3.01. The number of benzene rings is 1. The lowest BCUT2D eigenvalue weighted by Gasteiger charge is -2.09. The van der Waals surface area contributed by atoms with Gasteiger partial charge in [-0.1, -0.05) is 30.0 Å². The molecule has 1 aromatic carbocycles. The van der Waals surface area contributed by atoms with Crippen LogP contribution in [0.4, 0.5) is 4.39 Å². The van der Waals surface area contributed by atoms with Gasteiger partial charge in [0, 0.05) is 10.8 Å². The lowest BCUT2D eigenvalue weighted by molar-refractivity contribution is 0.611. The summed E-state index contributed by atoms with van der Waals surface area (Å²) in [6.07, 6.45) is 1.44. The van der Waals surface area contributed by atoms with Crippen molar-refractivity contribution >= 4 is 11.8 Å². The first-order valence-corrected chi connectivity index (χ1v) is 5.42. The lowest BCUT2D eigenvalue weighted by Crippen LogP contribution is -1.93. The number of hydrogen-bond donors (Lipinski definition) is 1. The van der Waals surface area contributed by atoms with E-state index in [1.807, 2.05) is 13.0 Å². The average molecular weight is 223 g/mol. The van der Waals surface area contributed by atoms with Crippen molar-refractivity contribution in [3.63, 3.8) is 0 Å². The van der Waals surface area contributed by atoms with Crippen LogP contribution in [-0.2, 0) is 0 Å². The van der Waals surface area contributed by atoms with Crippen molar-refractivity contribution in [2.24, 2.45) is 0 Å². The second-order valence-electron chi connectivity index (χ2n) is 3.07. The van der Waals surface area contributed by atoms with E-state index in [1.165, 1.54) is 24.2 Å². The zero-order chi connectivity index (χ0) is 10.7. The molecule has 0 fully saturated rings. The SMILES string of the molecule is C[C@H](Sc1ncn[nH]1)c1ccccc1F. The predicted octanol–water partition coefficient (Wildman–Crippen LogP) is 2.80. The summed E-state index contributed by atoms with van der Waals surface area (Å²) >= 11 is 1.45. The predicted molar refractivity (Wildman–Crippen MR) is 57.1 cm³/mol. The number of aromatic amines is 1. The molecule has 1 aromatic heterocycles. The molecule has 2 aromatic rings. The first kappa shape index (κ1) is 10.2. The molecule has 0 aliphatic rings. The Morgan fingerprint density at radius 2 is 2.20 bits per heavy atom. The molecular weight excluding hydrogens is 213 g/mol. The van der Waals surface area contributed by atoms with Crippen LogP contribution in [0, 0.1) is 5.82 Å². The molecule has 78 valence electrons. The van der Waals surface area contributed by atoms with E-state index in [2.05, 4.69) is 15.2 Å². The van der Waals surface area contributed by atoms with Crippen molar-refractivity contribution in [1.82, 2.24) is 15.2 Å². The number of H-pyrrole nitrogens is 1. The second-order valence-corrected chi connectivity index (χ2v) is 4.40.